The maximum atomic E-state index is 10.6. The van der Waals surface area contributed by atoms with Crippen molar-refractivity contribution in [3.05, 3.63) is 12.7 Å². The molecule has 0 aliphatic carbocycles. The molecule has 0 rings (SSSR count). The Balaban J connectivity index is 3.44. The van der Waals surface area contributed by atoms with E-state index < -0.39 is 11.5 Å². The highest BCUT2D eigenvalue weighted by Gasteiger charge is 2.26. The number of unbranched alkanes of at least 4 members (excludes halogenated alkanes) is 4. The summed E-state index contributed by atoms with van der Waals surface area (Å²) in [5.74, 6) is -0.913. The molecule has 0 aromatic heterocycles. The molecule has 0 spiro atoms. The van der Waals surface area contributed by atoms with Crippen molar-refractivity contribution in [3.63, 3.8) is 0 Å². The summed E-state index contributed by atoms with van der Waals surface area (Å²) in [6.45, 7) is 5.21. The van der Waals surface area contributed by atoms with Crippen molar-refractivity contribution in [2.45, 2.75) is 51.0 Å². The number of carboxylic acid groups (broad SMARTS) is 1. The van der Waals surface area contributed by atoms with Crippen LogP contribution in [0.3, 0.4) is 0 Å². The molecular weight excluding hydrogens is 178 g/mol. The summed E-state index contributed by atoms with van der Waals surface area (Å²) >= 11 is 0. The maximum Gasteiger partial charge on any atom is 0.323 e. The minimum atomic E-state index is -1.06. The monoisotopic (exact) mass is 199 g/mol. The predicted octanol–water partition coefficient (Wildman–Crippen LogP) is 2.31. The summed E-state index contributed by atoms with van der Waals surface area (Å²) in [5, 5.41) is 8.74. The summed E-state index contributed by atoms with van der Waals surface area (Å²) < 4.78 is 0. The normalized spacial score (nSPS) is 14.7. The second kappa shape index (κ2) is 6.60. The van der Waals surface area contributed by atoms with Gasteiger partial charge >= 0.3 is 5.97 Å². The van der Waals surface area contributed by atoms with Crippen molar-refractivity contribution >= 4 is 5.97 Å². The Morgan fingerprint density at radius 1 is 1.43 bits per heavy atom. The number of hydrogen-bond donors (Lipinski definition) is 2. The number of nitrogens with two attached hydrogens (primary N) is 1. The number of carbonyl (C=O) groups is 1. The summed E-state index contributed by atoms with van der Waals surface area (Å²) in [6.07, 6.45) is 7.70. The van der Waals surface area contributed by atoms with Gasteiger partial charge < -0.3 is 10.8 Å². The molecule has 0 bridgehead atoms. The molecule has 0 aromatic carbocycles. The third-order valence-corrected chi connectivity index (χ3v) is 2.34. The van der Waals surface area contributed by atoms with Gasteiger partial charge in [-0.2, -0.15) is 0 Å². The second-order valence-electron chi connectivity index (χ2n) is 3.96. The van der Waals surface area contributed by atoms with E-state index in [2.05, 4.69) is 6.58 Å². The van der Waals surface area contributed by atoms with E-state index in [1.54, 1.807) is 6.92 Å². The average Bonchev–Trinajstić information content (AvgIpc) is 2.10. The van der Waals surface area contributed by atoms with Gasteiger partial charge in [0, 0.05) is 0 Å². The van der Waals surface area contributed by atoms with E-state index >= 15 is 0 Å². The molecule has 3 N–H and O–H groups in total. The van der Waals surface area contributed by atoms with Crippen LogP contribution in [0.25, 0.3) is 0 Å². The Hall–Kier alpha value is -0.830. The van der Waals surface area contributed by atoms with Crippen molar-refractivity contribution in [2.75, 3.05) is 0 Å². The number of allylic oxidation sites excluding steroid dienone is 1. The summed E-state index contributed by atoms with van der Waals surface area (Å²) in [6, 6.07) is 0. The molecule has 3 heteroatoms. The molecule has 14 heavy (non-hydrogen) atoms. The van der Waals surface area contributed by atoms with E-state index in [0.29, 0.717) is 6.42 Å². The topological polar surface area (TPSA) is 63.3 Å². The van der Waals surface area contributed by atoms with Crippen LogP contribution in [0.5, 0.6) is 0 Å². The van der Waals surface area contributed by atoms with Crippen molar-refractivity contribution in [2.24, 2.45) is 5.73 Å². The molecule has 1 atom stereocenters. The number of aliphatic carboxylic acids is 1. The highest BCUT2D eigenvalue weighted by molar-refractivity contribution is 5.77. The second-order valence-corrected chi connectivity index (χ2v) is 3.96. The minimum Gasteiger partial charge on any atom is -0.480 e. The Labute approximate surface area is 86.0 Å². The van der Waals surface area contributed by atoms with E-state index in [9.17, 15) is 4.79 Å². The van der Waals surface area contributed by atoms with E-state index in [1.807, 2.05) is 6.08 Å². The molecule has 0 amide bonds. The lowest BCUT2D eigenvalue weighted by Gasteiger charge is -2.18. The first-order chi connectivity index (χ1) is 6.50. The van der Waals surface area contributed by atoms with E-state index in [-0.39, 0.29) is 0 Å². The van der Waals surface area contributed by atoms with E-state index in [4.69, 9.17) is 10.8 Å². The average molecular weight is 199 g/mol. The zero-order valence-corrected chi connectivity index (χ0v) is 8.96. The van der Waals surface area contributed by atoms with Gasteiger partial charge in [0.15, 0.2) is 0 Å². The molecule has 0 saturated heterocycles. The molecule has 3 nitrogen and oxygen atoms in total. The smallest absolute Gasteiger partial charge is 0.323 e. The summed E-state index contributed by atoms with van der Waals surface area (Å²) in [5.41, 5.74) is 4.53. The highest BCUT2D eigenvalue weighted by Crippen LogP contribution is 2.13. The fourth-order valence-corrected chi connectivity index (χ4v) is 1.24. The van der Waals surface area contributed by atoms with Crippen LogP contribution in [0, 0.1) is 0 Å². The zero-order chi connectivity index (χ0) is 11.0. The van der Waals surface area contributed by atoms with Gasteiger partial charge in [0.1, 0.15) is 5.54 Å². The van der Waals surface area contributed by atoms with E-state index in [1.165, 1.54) is 0 Å². The molecule has 82 valence electrons. The van der Waals surface area contributed by atoms with Crippen LogP contribution < -0.4 is 5.73 Å². The first-order valence-corrected chi connectivity index (χ1v) is 5.14. The third-order valence-electron chi connectivity index (χ3n) is 2.34. The lowest BCUT2D eigenvalue weighted by atomic mass is 9.95. The van der Waals surface area contributed by atoms with Gasteiger partial charge in [0.25, 0.3) is 0 Å². The van der Waals surface area contributed by atoms with E-state index in [0.717, 1.165) is 32.1 Å². The molecule has 0 saturated carbocycles. The standard InChI is InChI=1S/C11H21NO2/c1-3-4-5-6-7-8-9-11(2,12)10(13)14/h3H,1,4-9,12H2,2H3,(H,13,14)/t11-/m0/s1. The zero-order valence-electron chi connectivity index (χ0n) is 8.96. The summed E-state index contributed by atoms with van der Waals surface area (Å²) in [7, 11) is 0. The van der Waals surface area contributed by atoms with Crippen molar-refractivity contribution in [3.8, 4) is 0 Å². The van der Waals surface area contributed by atoms with Gasteiger partial charge in [-0.3, -0.25) is 4.79 Å². The van der Waals surface area contributed by atoms with Crippen LogP contribution in [-0.2, 0) is 4.79 Å². The third kappa shape index (κ3) is 5.75. The Kier molecular flexibility index (Phi) is 6.21. The van der Waals surface area contributed by atoms with Crippen LogP contribution in [0.4, 0.5) is 0 Å². The SMILES string of the molecule is C=CCCCCCC[C@](C)(N)C(=O)O. The largest absolute Gasteiger partial charge is 0.480 e. The van der Waals surface area contributed by atoms with Gasteiger partial charge in [-0.15, -0.1) is 6.58 Å². The quantitative estimate of drug-likeness (QED) is 0.466. The molecule has 0 radical (unpaired) electrons. The molecule has 0 heterocycles. The molecule has 0 aromatic rings. The first kappa shape index (κ1) is 13.2. The Morgan fingerprint density at radius 3 is 2.50 bits per heavy atom. The number of carboxylic acids is 1. The number of hydrogen-bond acceptors (Lipinski definition) is 2. The van der Waals surface area contributed by atoms with Crippen LogP contribution in [0.15, 0.2) is 12.7 Å². The van der Waals surface area contributed by atoms with Gasteiger partial charge in [-0.05, 0) is 26.2 Å². The van der Waals surface area contributed by atoms with Gasteiger partial charge in [0.2, 0.25) is 0 Å². The van der Waals surface area contributed by atoms with Gasteiger partial charge in [-0.25, -0.2) is 0 Å². The molecule has 0 aliphatic heterocycles. The van der Waals surface area contributed by atoms with Crippen LogP contribution in [0.1, 0.15) is 45.4 Å². The summed E-state index contributed by atoms with van der Waals surface area (Å²) in [4.78, 5) is 10.6. The van der Waals surface area contributed by atoms with Gasteiger partial charge in [0.05, 0.1) is 0 Å². The number of rotatable bonds is 8. The van der Waals surface area contributed by atoms with Crippen molar-refractivity contribution < 1.29 is 9.90 Å². The highest BCUT2D eigenvalue weighted by atomic mass is 16.4. The fourth-order valence-electron chi connectivity index (χ4n) is 1.24. The lowest BCUT2D eigenvalue weighted by molar-refractivity contribution is -0.142. The lowest BCUT2D eigenvalue weighted by Crippen LogP contribution is -2.44. The Morgan fingerprint density at radius 2 is 2.00 bits per heavy atom. The van der Waals surface area contributed by atoms with Crippen molar-refractivity contribution in [1.29, 1.82) is 0 Å². The first-order valence-electron chi connectivity index (χ1n) is 5.14. The van der Waals surface area contributed by atoms with Crippen molar-refractivity contribution in [1.82, 2.24) is 0 Å². The minimum absolute atomic E-state index is 0.552. The molecule has 0 fully saturated rings. The molecular formula is C11H21NO2. The fraction of sp³-hybridized carbons (Fsp3) is 0.727. The molecule has 0 aliphatic rings. The molecule has 0 unspecified atom stereocenters. The van der Waals surface area contributed by atoms with Crippen LogP contribution >= 0.6 is 0 Å². The van der Waals surface area contributed by atoms with Gasteiger partial charge in [-0.1, -0.05) is 25.3 Å². The predicted molar refractivity (Wildman–Crippen MR) is 58.1 cm³/mol. The maximum absolute atomic E-state index is 10.6. The van der Waals surface area contributed by atoms with Crippen LogP contribution in [-0.4, -0.2) is 16.6 Å². The Bertz CT molecular complexity index is 188. The van der Waals surface area contributed by atoms with Crippen LogP contribution in [0.2, 0.25) is 0 Å².